The van der Waals surface area contributed by atoms with Gasteiger partial charge in [-0.3, -0.25) is 9.36 Å². The number of nitrogens with zero attached hydrogens (tertiary/aromatic N) is 3. The van der Waals surface area contributed by atoms with E-state index >= 15 is 0 Å². The second kappa shape index (κ2) is 7.37. The number of primary amides is 1. The quantitative estimate of drug-likeness (QED) is 0.718. The Morgan fingerprint density at radius 2 is 2.15 bits per heavy atom. The maximum absolute atomic E-state index is 11.3. The molecule has 0 spiro atoms. The molecule has 7 heteroatoms. The molecule has 2 aromatic heterocycles. The average molecular weight is 368 g/mol. The summed E-state index contributed by atoms with van der Waals surface area (Å²) in [5, 5.41) is 9.81. The zero-order chi connectivity index (χ0) is 17.9. The lowest BCUT2D eigenvalue weighted by Crippen LogP contribution is -2.15. The van der Waals surface area contributed by atoms with Crippen molar-refractivity contribution in [3.8, 4) is 11.6 Å². The number of hydrogen-bond acceptors (Lipinski definition) is 5. The molecule has 2 heterocycles. The molecule has 134 valence electrons. The average Bonchev–Trinajstić information content (AvgIpc) is 3.30. The molecule has 0 aliphatic heterocycles. The summed E-state index contributed by atoms with van der Waals surface area (Å²) in [5.74, 6) is 0.920. The zero-order valence-corrected chi connectivity index (χ0v) is 15.1. The van der Waals surface area contributed by atoms with Gasteiger partial charge in [-0.1, -0.05) is 36.0 Å². The molecular weight excluding hydrogens is 348 g/mol. The standard InChI is InChI=1S/C19H20N4O2S/c20-17(24)10-11-23-18(15-8-4-12-25-15)21-22-19(23)26-16-9-3-6-13-5-1-2-7-14(13)16/h1-2,4-5,7-8,12,16H,3,6,9-11H2,(H2,20,24). The van der Waals surface area contributed by atoms with Gasteiger partial charge in [0.25, 0.3) is 0 Å². The summed E-state index contributed by atoms with van der Waals surface area (Å²) >= 11 is 1.70. The molecule has 3 aromatic rings. The van der Waals surface area contributed by atoms with E-state index in [1.165, 1.54) is 11.1 Å². The van der Waals surface area contributed by atoms with Gasteiger partial charge in [0.05, 0.1) is 6.26 Å². The van der Waals surface area contributed by atoms with Gasteiger partial charge in [-0.25, -0.2) is 0 Å². The number of rotatable bonds is 6. The molecule has 4 rings (SSSR count). The van der Waals surface area contributed by atoms with Crippen molar-refractivity contribution in [2.24, 2.45) is 5.73 Å². The lowest BCUT2D eigenvalue weighted by Gasteiger charge is -2.24. The first kappa shape index (κ1) is 16.9. The molecule has 0 saturated carbocycles. The third kappa shape index (κ3) is 3.39. The molecular formula is C19H20N4O2S. The highest BCUT2D eigenvalue weighted by Gasteiger charge is 2.25. The SMILES string of the molecule is NC(=O)CCn1c(SC2CCCc3ccccc32)nnc1-c1ccco1. The molecule has 1 aromatic carbocycles. The number of thioether (sulfide) groups is 1. The minimum Gasteiger partial charge on any atom is -0.461 e. The minimum atomic E-state index is -0.344. The first-order valence-electron chi connectivity index (χ1n) is 8.72. The van der Waals surface area contributed by atoms with E-state index in [-0.39, 0.29) is 12.3 Å². The second-order valence-electron chi connectivity index (χ2n) is 6.35. The Morgan fingerprint density at radius 3 is 2.96 bits per heavy atom. The Labute approximate surface area is 155 Å². The summed E-state index contributed by atoms with van der Waals surface area (Å²) in [4.78, 5) is 11.3. The van der Waals surface area contributed by atoms with Crippen molar-refractivity contribution < 1.29 is 9.21 Å². The van der Waals surface area contributed by atoms with E-state index in [9.17, 15) is 4.79 Å². The highest BCUT2D eigenvalue weighted by Crippen LogP contribution is 2.43. The monoisotopic (exact) mass is 368 g/mol. The van der Waals surface area contributed by atoms with Gasteiger partial charge in [-0.15, -0.1) is 10.2 Å². The summed E-state index contributed by atoms with van der Waals surface area (Å²) in [6.45, 7) is 0.440. The predicted molar refractivity (Wildman–Crippen MR) is 99.5 cm³/mol. The van der Waals surface area contributed by atoms with Crippen LogP contribution in [-0.4, -0.2) is 20.7 Å². The zero-order valence-electron chi connectivity index (χ0n) is 14.3. The Hall–Kier alpha value is -2.54. The van der Waals surface area contributed by atoms with Gasteiger partial charge >= 0.3 is 0 Å². The Balaban J connectivity index is 1.65. The Kier molecular flexibility index (Phi) is 4.79. The van der Waals surface area contributed by atoms with E-state index in [1.54, 1.807) is 18.0 Å². The summed E-state index contributed by atoms with van der Waals surface area (Å²) in [7, 11) is 0. The number of amides is 1. The number of carbonyl (C=O) groups excluding carboxylic acids is 1. The first-order chi connectivity index (χ1) is 12.7. The number of furan rings is 1. The molecule has 1 unspecified atom stereocenters. The van der Waals surface area contributed by atoms with Crippen LogP contribution in [0, 0.1) is 0 Å². The number of benzene rings is 1. The molecule has 26 heavy (non-hydrogen) atoms. The van der Waals surface area contributed by atoms with E-state index in [0.29, 0.717) is 23.4 Å². The topological polar surface area (TPSA) is 86.9 Å². The lowest BCUT2D eigenvalue weighted by molar-refractivity contribution is -0.118. The number of hydrogen-bond donors (Lipinski definition) is 1. The minimum absolute atomic E-state index is 0.237. The van der Waals surface area contributed by atoms with Crippen LogP contribution in [-0.2, 0) is 17.8 Å². The third-order valence-electron chi connectivity index (χ3n) is 4.60. The highest BCUT2D eigenvalue weighted by atomic mass is 32.2. The maximum Gasteiger partial charge on any atom is 0.219 e. The van der Waals surface area contributed by atoms with E-state index in [0.717, 1.165) is 24.4 Å². The molecule has 2 N–H and O–H groups in total. The van der Waals surface area contributed by atoms with Crippen molar-refractivity contribution in [2.45, 2.75) is 42.6 Å². The summed E-state index contributed by atoms with van der Waals surface area (Å²) in [6, 6.07) is 12.2. The number of aromatic nitrogens is 3. The third-order valence-corrected chi connectivity index (χ3v) is 5.89. The second-order valence-corrected chi connectivity index (χ2v) is 7.52. The van der Waals surface area contributed by atoms with Crippen LogP contribution in [0.15, 0.2) is 52.2 Å². The van der Waals surface area contributed by atoms with Crippen LogP contribution in [0.4, 0.5) is 0 Å². The van der Waals surface area contributed by atoms with Crippen LogP contribution in [0.2, 0.25) is 0 Å². The highest BCUT2D eigenvalue weighted by molar-refractivity contribution is 7.99. The summed E-state index contributed by atoms with van der Waals surface area (Å²) in [6.07, 6.45) is 5.22. The fourth-order valence-corrected chi connectivity index (χ4v) is 4.64. The van der Waals surface area contributed by atoms with E-state index in [1.807, 2.05) is 16.7 Å². The van der Waals surface area contributed by atoms with Gasteiger partial charge < -0.3 is 10.2 Å². The number of aryl methyl sites for hydroxylation is 1. The summed E-state index contributed by atoms with van der Waals surface area (Å²) in [5.41, 5.74) is 8.13. The van der Waals surface area contributed by atoms with E-state index in [2.05, 4.69) is 34.5 Å². The van der Waals surface area contributed by atoms with Gasteiger partial charge in [-0.05, 0) is 42.5 Å². The van der Waals surface area contributed by atoms with Crippen molar-refractivity contribution in [3.63, 3.8) is 0 Å². The number of nitrogens with two attached hydrogens (primary N) is 1. The Morgan fingerprint density at radius 1 is 1.27 bits per heavy atom. The van der Waals surface area contributed by atoms with Crippen molar-refractivity contribution in [1.29, 1.82) is 0 Å². The smallest absolute Gasteiger partial charge is 0.219 e. The first-order valence-corrected chi connectivity index (χ1v) is 9.60. The molecule has 1 aliphatic rings. The van der Waals surface area contributed by atoms with Gasteiger partial charge in [0.1, 0.15) is 0 Å². The van der Waals surface area contributed by atoms with Crippen LogP contribution in [0.1, 0.15) is 35.6 Å². The molecule has 0 fully saturated rings. The molecule has 0 bridgehead atoms. The van der Waals surface area contributed by atoms with Crippen LogP contribution in [0.3, 0.4) is 0 Å². The van der Waals surface area contributed by atoms with Crippen molar-refractivity contribution in [2.75, 3.05) is 0 Å². The van der Waals surface area contributed by atoms with Crippen LogP contribution in [0.25, 0.3) is 11.6 Å². The van der Waals surface area contributed by atoms with Crippen LogP contribution >= 0.6 is 11.8 Å². The normalized spacial score (nSPS) is 16.4. The van der Waals surface area contributed by atoms with Crippen LogP contribution < -0.4 is 5.73 Å². The van der Waals surface area contributed by atoms with Gasteiger partial charge in [-0.2, -0.15) is 0 Å². The van der Waals surface area contributed by atoms with E-state index < -0.39 is 0 Å². The van der Waals surface area contributed by atoms with Crippen molar-refractivity contribution >= 4 is 17.7 Å². The van der Waals surface area contributed by atoms with Gasteiger partial charge in [0.2, 0.25) is 5.91 Å². The fourth-order valence-electron chi connectivity index (χ4n) is 3.35. The van der Waals surface area contributed by atoms with Crippen molar-refractivity contribution in [1.82, 2.24) is 14.8 Å². The molecule has 1 aliphatic carbocycles. The molecule has 1 atom stereocenters. The molecule has 0 radical (unpaired) electrons. The van der Waals surface area contributed by atoms with Gasteiger partial charge in [0.15, 0.2) is 16.7 Å². The molecule has 6 nitrogen and oxygen atoms in total. The lowest BCUT2D eigenvalue weighted by atomic mass is 9.91. The van der Waals surface area contributed by atoms with E-state index in [4.69, 9.17) is 10.2 Å². The number of fused-ring (bicyclic) bond motifs is 1. The van der Waals surface area contributed by atoms with Crippen molar-refractivity contribution in [3.05, 3.63) is 53.8 Å². The van der Waals surface area contributed by atoms with Crippen LogP contribution in [0.5, 0.6) is 0 Å². The Bertz CT molecular complexity index is 904. The fraction of sp³-hybridized carbons (Fsp3) is 0.316. The largest absolute Gasteiger partial charge is 0.461 e. The predicted octanol–water partition coefficient (Wildman–Crippen LogP) is 3.58. The molecule has 1 amide bonds. The van der Waals surface area contributed by atoms with Gasteiger partial charge in [0, 0.05) is 18.2 Å². The maximum atomic E-state index is 11.3. The number of carbonyl (C=O) groups is 1. The summed E-state index contributed by atoms with van der Waals surface area (Å²) < 4.78 is 7.41. The molecule has 0 saturated heterocycles.